The van der Waals surface area contributed by atoms with E-state index in [2.05, 4.69) is 10.6 Å². The Bertz CT molecular complexity index is 1390. The number of carboxylic acid groups (broad SMARTS) is 1. The van der Waals surface area contributed by atoms with Crippen LogP contribution in [0.1, 0.15) is 43.7 Å². The van der Waals surface area contributed by atoms with Gasteiger partial charge in [-0.05, 0) is 62.3 Å². The normalized spacial score (nSPS) is 19.2. The monoisotopic (exact) mass is 701 g/mol. The van der Waals surface area contributed by atoms with Crippen LogP contribution < -0.4 is 16.4 Å². The van der Waals surface area contributed by atoms with Crippen molar-refractivity contribution in [3.05, 3.63) is 69.7 Å². The van der Waals surface area contributed by atoms with E-state index in [1.165, 1.54) is 0 Å². The third-order valence-corrected chi connectivity index (χ3v) is 8.92. The van der Waals surface area contributed by atoms with Crippen molar-refractivity contribution in [3.8, 4) is 0 Å². The van der Waals surface area contributed by atoms with Crippen LogP contribution in [0.5, 0.6) is 0 Å². The van der Waals surface area contributed by atoms with Gasteiger partial charge in [0, 0.05) is 45.2 Å². The Morgan fingerprint density at radius 2 is 1.64 bits per heavy atom. The number of aliphatic carboxylic acids is 1. The summed E-state index contributed by atoms with van der Waals surface area (Å²) < 4.78 is 31.7. The van der Waals surface area contributed by atoms with Gasteiger partial charge in [0.05, 0.1) is 15.5 Å². The standard InChI is InChI=1S/C30H39Cl2N5O3.C2HF3O2/c1-2-34-28(39)30(19-21-7-4-3-5-8-21)13-6-14-37(20-30)27(38)26(18-22-9-10-24(31)25(32)17-22)35-29(40)36-15-11-23(33)12-16-36;3-2(4,5)1(6)7/h3-5,7-10,17,23,26H,2,6,11-16,18-20,33H2,1H3,(H,34,39)(H,35,40);(H,6,7)/t26?,30-;/m0./s1. The number of carbonyl (C=O) groups is 4. The molecule has 258 valence electrons. The van der Waals surface area contributed by atoms with Crippen LogP contribution in [0.2, 0.25) is 10.0 Å². The van der Waals surface area contributed by atoms with Crippen LogP contribution in [-0.2, 0) is 27.2 Å². The Labute approximate surface area is 281 Å². The first-order chi connectivity index (χ1) is 22.1. The number of likely N-dealkylation sites (tertiary alicyclic amines) is 2. The Morgan fingerprint density at radius 1 is 1.00 bits per heavy atom. The molecule has 47 heavy (non-hydrogen) atoms. The van der Waals surface area contributed by atoms with Gasteiger partial charge < -0.3 is 31.3 Å². The fourth-order valence-electron chi connectivity index (χ4n) is 5.73. The van der Waals surface area contributed by atoms with Gasteiger partial charge in [0.2, 0.25) is 11.8 Å². The lowest BCUT2D eigenvalue weighted by atomic mass is 9.74. The van der Waals surface area contributed by atoms with Crippen LogP contribution in [0.4, 0.5) is 18.0 Å². The molecular weight excluding hydrogens is 662 g/mol. The molecule has 2 aliphatic rings. The van der Waals surface area contributed by atoms with E-state index >= 15 is 0 Å². The molecule has 2 aromatic carbocycles. The number of benzene rings is 2. The Balaban J connectivity index is 0.000000771. The molecule has 0 aromatic heterocycles. The number of urea groups is 1. The van der Waals surface area contributed by atoms with Crippen LogP contribution in [-0.4, -0.2) is 89.7 Å². The minimum absolute atomic E-state index is 0.0499. The van der Waals surface area contributed by atoms with Crippen LogP contribution in [0, 0.1) is 5.41 Å². The van der Waals surface area contributed by atoms with Gasteiger partial charge in [-0.15, -0.1) is 0 Å². The first-order valence-electron chi connectivity index (χ1n) is 15.3. The number of amides is 4. The molecule has 4 rings (SSSR count). The van der Waals surface area contributed by atoms with Crippen molar-refractivity contribution in [2.24, 2.45) is 11.1 Å². The van der Waals surface area contributed by atoms with E-state index in [0.29, 0.717) is 55.5 Å². The third kappa shape index (κ3) is 11.0. The molecule has 2 aromatic rings. The molecule has 10 nitrogen and oxygen atoms in total. The zero-order valence-electron chi connectivity index (χ0n) is 26.0. The molecule has 4 amide bonds. The highest BCUT2D eigenvalue weighted by atomic mass is 35.5. The quantitative estimate of drug-likeness (QED) is 0.315. The number of piperidine rings is 2. The Kier molecular flexibility index (Phi) is 13.7. The number of nitrogens with zero attached hydrogens (tertiary/aromatic N) is 2. The number of carboxylic acids is 1. The van der Waals surface area contributed by atoms with E-state index in [9.17, 15) is 27.6 Å². The lowest BCUT2D eigenvalue weighted by molar-refractivity contribution is -0.192. The van der Waals surface area contributed by atoms with Crippen molar-refractivity contribution in [1.82, 2.24) is 20.4 Å². The lowest BCUT2D eigenvalue weighted by Gasteiger charge is -2.43. The molecule has 0 aliphatic carbocycles. The average molecular weight is 703 g/mol. The zero-order chi connectivity index (χ0) is 34.8. The molecule has 5 N–H and O–H groups in total. The summed E-state index contributed by atoms with van der Waals surface area (Å²) in [5, 5.41) is 13.9. The molecule has 0 saturated carbocycles. The Morgan fingerprint density at radius 3 is 2.21 bits per heavy atom. The number of halogens is 5. The third-order valence-electron chi connectivity index (χ3n) is 8.18. The number of hydrogen-bond acceptors (Lipinski definition) is 5. The molecule has 0 bridgehead atoms. The predicted molar refractivity (Wildman–Crippen MR) is 172 cm³/mol. The summed E-state index contributed by atoms with van der Waals surface area (Å²) in [6.07, 6.45) is -1.50. The fourth-order valence-corrected chi connectivity index (χ4v) is 6.05. The van der Waals surface area contributed by atoms with Crippen molar-refractivity contribution < 1.29 is 37.5 Å². The van der Waals surface area contributed by atoms with Crippen molar-refractivity contribution in [3.63, 3.8) is 0 Å². The zero-order valence-corrected chi connectivity index (χ0v) is 27.5. The van der Waals surface area contributed by atoms with Gasteiger partial charge in [0.25, 0.3) is 0 Å². The second-order valence-corrected chi connectivity index (χ2v) is 12.6. The molecule has 2 aliphatic heterocycles. The molecule has 2 heterocycles. The first kappa shape index (κ1) is 37.9. The SMILES string of the molecule is CCNC(=O)[C@]1(Cc2ccccc2)CCCN(C(=O)C(Cc2ccc(Cl)c(Cl)c2)NC(=O)N2CCC(N)CC2)C1.O=C(O)C(F)(F)F. The number of rotatable bonds is 8. The maximum atomic E-state index is 14.1. The van der Waals surface area contributed by atoms with E-state index < -0.39 is 23.6 Å². The largest absolute Gasteiger partial charge is 0.490 e. The molecule has 0 spiro atoms. The molecule has 1 unspecified atom stereocenters. The van der Waals surface area contributed by atoms with Crippen molar-refractivity contribution in [2.75, 3.05) is 32.7 Å². The molecule has 2 fully saturated rings. The van der Waals surface area contributed by atoms with E-state index in [0.717, 1.165) is 24.0 Å². The predicted octanol–water partition coefficient (Wildman–Crippen LogP) is 4.66. The van der Waals surface area contributed by atoms with Gasteiger partial charge in [-0.2, -0.15) is 13.2 Å². The first-order valence-corrected chi connectivity index (χ1v) is 16.1. The van der Waals surface area contributed by atoms with E-state index in [1.807, 2.05) is 43.3 Å². The number of nitrogens with one attached hydrogen (secondary N) is 2. The highest BCUT2D eigenvalue weighted by Gasteiger charge is 2.44. The topological polar surface area (TPSA) is 145 Å². The molecular formula is C32H40Cl2F3N5O5. The highest BCUT2D eigenvalue weighted by Crippen LogP contribution is 2.35. The second kappa shape index (κ2) is 17.0. The van der Waals surface area contributed by atoms with Gasteiger partial charge in [-0.1, -0.05) is 59.6 Å². The van der Waals surface area contributed by atoms with Crippen LogP contribution >= 0.6 is 23.2 Å². The van der Waals surface area contributed by atoms with Gasteiger partial charge in [0.1, 0.15) is 6.04 Å². The summed E-state index contributed by atoms with van der Waals surface area (Å²) in [5.41, 5.74) is 7.10. The summed E-state index contributed by atoms with van der Waals surface area (Å²) in [4.78, 5) is 53.2. The number of nitrogens with two attached hydrogens (primary N) is 1. The average Bonchev–Trinajstić information content (AvgIpc) is 3.03. The summed E-state index contributed by atoms with van der Waals surface area (Å²) in [7, 11) is 0. The summed E-state index contributed by atoms with van der Waals surface area (Å²) in [6, 6.07) is 14.1. The second-order valence-electron chi connectivity index (χ2n) is 11.7. The summed E-state index contributed by atoms with van der Waals surface area (Å²) in [6.45, 7) is 4.29. The summed E-state index contributed by atoms with van der Waals surface area (Å²) >= 11 is 12.4. The van der Waals surface area contributed by atoms with E-state index in [1.54, 1.807) is 21.9 Å². The molecule has 15 heteroatoms. The minimum Gasteiger partial charge on any atom is -0.475 e. The molecule has 0 radical (unpaired) electrons. The number of alkyl halides is 3. The van der Waals surface area contributed by atoms with Gasteiger partial charge in [-0.25, -0.2) is 9.59 Å². The number of hydrogen-bond donors (Lipinski definition) is 4. The van der Waals surface area contributed by atoms with Crippen molar-refractivity contribution in [2.45, 2.75) is 63.7 Å². The summed E-state index contributed by atoms with van der Waals surface area (Å²) in [5.74, 6) is -3.02. The smallest absolute Gasteiger partial charge is 0.475 e. The van der Waals surface area contributed by atoms with Crippen molar-refractivity contribution >= 4 is 47.0 Å². The van der Waals surface area contributed by atoms with Crippen LogP contribution in [0.3, 0.4) is 0 Å². The van der Waals surface area contributed by atoms with Crippen LogP contribution in [0.25, 0.3) is 0 Å². The Hall–Kier alpha value is -3.55. The van der Waals surface area contributed by atoms with E-state index in [4.69, 9.17) is 38.8 Å². The van der Waals surface area contributed by atoms with Gasteiger partial charge >= 0.3 is 18.2 Å². The van der Waals surface area contributed by atoms with Gasteiger partial charge in [-0.3, -0.25) is 9.59 Å². The van der Waals surface area contributed by atoms with Crippen LogP contribution in [0.15, 0.2) is 48.5 Å². The fraction of sp³-hybridized carbons (Fsp3) is 0.500. The highest BCUT2D eigenvalue weighted by molar-refractivity contribution is 6.42. The number of carbonyl (C=O) groups excluding carboxylic acids is 3. The minimum atomic E-state index is -5.08. The maximum Gasteiger partial charge on any atom is 0.490 e. The van der Waals surface area contributed by atoms with Gasteiger partial charge in [0.15, 0.2) is 0 Å². The molecule has 2 saturated heterocycles. The lowest BCUT2D eigenvalue weighted by Crippen LogP contribution is -2.59. The molecule has 2 atom stereocenters. The maximum absolute atomic E-state index is 14.1. The van der Waals surface area contributed by atoms with E-state index in [-0.39, 0.29) is 36.9 Å². The van der Waals surface area contributed by atoms with Crippen molar-refractivity contribution in [1.29, 1.82) is 0 Å².